The van der Waals surface area contributed by atoms with Crippen LogP contribution in [-0.2, 0) is 17.7 Å². The standard InChI is InChI=1S/C16H28N4O2/c1-3-16-17-15(18-22-16)12-19(2)13-7-8-20(10-13)11-14-6-4-5-9-21-14/h13-14H,3-12H2,1-2H3/t13-,14+/m1/s1. The maximum atomic E-state index is 5.86. The lowest BCUT2D eigenvalue weighted by molar-refractivity contribution is -0.00281. The molecule has 2 saturated heterocycles. The molecule has 2 aliphatic heterocycles. The highest BCUT2D eigenvalue weighted by atomic mass is 16.5. The summed E-state index contributed by atoms with van der Waals surface area (Å²) in [5.41, 5.74) is 0. The Labute approximate surface area is 132 Å². The van der Waals surface area contributed by atoms with Gasteiger partial charge in [0.25, 0.3) is 0 Å². The fourth-order valence-electron chi connectivity index (χ4n) is 3.43. The number of aryl methyl sites for hydroxylation is 1. The van der Waals surface area contributed by atoms with Gasteiger partial charge in [0.15, 0.2) is 5.82 Å². The summed E-state index contributed by atoms with van der Waals surface area (Å²) in [5, 5.41) is 4.05. The van der Waals surface area contributed by atoms with E-state index in [9.17, 15) is 0 Å². The van der Waals surface area contributed by atoms with Crippen LogP contribution in [-0.4, -0.2) is 65.4 Å². The topological polar surface area (TPSA) is 54.6 Å². The molecule has 6 heteroatoms. The van der Waals surface area contributed by atoms with E-state index in [-0.39, 0.29) is 0 Å². The minimum Gasteiger partial charge on any atom is -0.377 e. The first-order valence-electron chi connectivity index (χ1n) is 8.60. The Kier molecular flexibility index (Phi) is 5.44. The van der Waals surface area contributed by atoms with Crippen molar-refractivity contribution in [2.45, 2.75) is 57.7 Å². The fourth-order valence-corrected chi connectivity index (χ4v) is 3.43. The molecule has 2 aliphatic rings. The molecule has 0 spiro atoms. The summed E-state index contributed by atoms with van der Waals surface area (Å²) in [7, 11) is 2.16. The molecule has 2 fully saturated rings. The Morgan fingerprint density at radius 1 is 1.32 bits per heavy atom. The molecule has 0 bridgehead atoms. The number of likely N-dealkylation sites (tertiary alicyclic amines) is 1. The number of likely N-dealkylation sites (N-methyl/N-ethyl adjacent to an activating group) is 1. The second-order valence-corrected chi connectivity index (χ2v) is 6.56. The van der Waals surface area contributed by atoms with Crippen LogP contribution in [0.25, 0.3) is 0 Å². The van der Waals surface area contributed by atoms with Gasteiger partial charge in [-0.25, -0.2) is 0 Å². The zero-order valence-corrected chi connectivity index (χ0v) is 13.8. The first kappa shape index (κ1) is 15.9. The first-order valence-corrected chi connectivity index (χ1v) is 8.60. The van der Waals surface area contributed by atoms with Crippen molar-refractivity contribution in [1.29, 1.82) is 0 Å². The van der Waals surface area contributed by atoms with Crippen LogP contribution >= 0.6 is 0 Å². The minimum absolute atomic E-state index is 0.446. The summed E-state index contributed by atoms with van der Waals surface area (Å²) >= 11 is 0. The van der Waals surface area contributed by atoms with Crippen LogP contribution in [0.15, 0.2) is 4.52 Å². The van der Waals surface area contributed by atoms with Crippen LogP contribution in [0.2, 0.25) is 0 Å². The van der Waals surface area contributed by atoms with Gasteiger partial charge in [0.2, 0.25) is 5.89 Å². The first-order chi connectivity index (χ1) is 10.7. The lowest BCUT2D eigenvalue weighted by atomic mass is 10.1. The molecule has 3 rings (SSSR count). The van der Waals surface area contributed by atoms with Crippen molar-refractivity contribution in [2.24, 2.45) is 0 Å². The van der Waals surface area contributed by atoms with E-state index in [1.807, 2.05) is 6.92 Å². The number of hydrogen-bond donors (Lipinski definition) is 0. The predicted molar refractivity (Wildman–Crippen MR) is 83.6 cm³/mol. The third kappa shape index (κ3) is 4.06. The number of aromatic nitrogens is 2. The Morgan fingerprint density at radius 2 is 2.23 bits per heavy atom. The summed E-state index contributed by atoms with van der Waals surface area (Å²) in [4.78, 5) is 9.30. The second-order valence-electron chi connectivity index (χ2n) is 6.56. The molecule has 1 aromatic rings. The molecule has 0 unspecified atom stereocenters. The van der Waals surface area contributed by atoms with Crippen molar-refractivity contribution in [1.82, 2.24) is 19.9 Å². The van der Waals surface area contributed by atoms with Crippen molar-refractivity contribution in [2.75, 3.05) is 33.3 Å². The molecule has 0 radical (unpaired) electrons. The third-order valence-electron chi connectivity index (χ3n) is 4.81. The molecular weight excluding hydrogens is 280 g/mol. The molecule has 0 N–H and O–H groups in total. The molecule has 124 valence electrons. The van der Waals surface area contributed by atoms with Gasteiger partial charge in [0.05, 0.1) is 12.6 Å². The highest BCUT2D eigenvalue weighted by Crippen LogP contribution is 2.20. The van der Waals surface area contributed by atoms with Crippen molar-refractivity contribution in [3.05, 3.63) is 11.7 Å². The van der Waals surface area contributed by atoms with Gasteiger partial charge in [0.1, 0.15) is 0 Å². The third-order valence-corrected chi connectivity index (χ3v) is 4.81. The maximum absolute atomic E-state index is 5.86. The molecular formula is C16H28N4O2. The average Bonchev–Trinajstić information content (AvgIpc) is 3.17. The van der Waals surface area contributed by atoms with Gasteiger partial charge in [-0.1, -0.05) is 12.1 Å². The highest BCUT2D eigenvalue weighted by Gasteiger charge is 2.28. The smallest absolute Gasteiger partial charge is 0.226 e. The molecule has 22 heavy (non-hydrogen) atoms. The van der Waals surface area contributed by atoms with Crippen LogP contribution in [0.1, 0.15) is 44.3 Å². The summed E-state index contributed by atoms with van der Waals surface area (Å²) in [5.74, 6) is 1.53. The van der Waals surface area contributed by atoms with Crippen LogP contribution < -0.4 is 0 Å². The molecule has 6 nitrogen and oxygen atoms in total. The predicted octanol–water partition coefficient (Wildman–Crippen LogP) is 1.71. The van der Waals surface area contributed by atoms with E-state index in [0.717, 1.165) is 44.4 Å². The van der Waals surface area contributed by atoms with Gasteiger partial charge in [-0.05, 0) is 39.3 Å². The summed E-state index contributed by atoms with van der Waals surface area (Å²) in [6.45, 7) is 7.12. The van der Waals surface area contributed by atoms with Crippen molar-refractivity contribution >= 4 is 0 Å². The maximum Gasteiger partial charge on any atom is 0.226 e. The van der Waals surface area contributed by atoms with Crippen molar-refractivity contribution in [3.8, 4) is 0 Å². The Bertz CT molecular complexity index is 459. The SMILES string of the molecule is CCc1nc(CN(C)[C@@H]2CCN(C[C@@H]3CCCCO3)C2)no1. The van der Waals surface area contributed by atoms with Gasteiger partial charge in [-0.3, -0.25) is 9.80 Å². The van der Waals surface area contributed by atoms with Crippen LogP contribution in [0.5, 0.6) is 0 Å². The largest absolute Gasteiger partial charge is 0.377 e. The molecule has 0 saturated carbocycles. The van der Waals surface area contributed by atoms with Crippen LogP contribution in [0.3, 0.4) is 0 Å². The lowest BCUT2D eigenvalue weighted by Crippen LogP contribution is -2.38. The van der Waals surface area contributed by atoms with E-state index in [2.05, 4.69) is 27.0 Å². The monoisotopic (exact) mass is 308 g/mol. The Morgan fingerprint density at radius 3 is 2.95 bits per heavy atom. The Balaban J connectivity index is 1.44. The van der Waals surface area contributed by atoms with Gasteiger partial charge in [-0.2, -0.15) is 4.98 Å². The summed E-state index contributed by atoms with van der Waals surface area (Å²) in [6, 6.07) is 0.576. The molecule has 1 aromatic heterocycles. The quantitative estimate of drug-likeness (QED) is 0.797. The molecule has 2 atom stereocenters. The minimum atomic E-state index is 0.446. The number of ether oxygens (including phenoxy) is 1. The van der Waals surface area contributed by atoms with Crippen LogP contribution in [0, 0.1) is 0 Å². The van der Waals surface area contributed by atoms with Gasteiger partial charge < -0.3 is 9.26 Å². The average molecular weight is 308 g/mol. The Hall–Kier alpha value is -0.980. The van der Waals surface area contributed by atoms with Gasteiger partial charge in [0, 0.05) is 32.2 Å². The lowest BCUT2D eigenvalue weighted by Gasteiger charge is -2.28. The van der Waals surface area contributed by atoms with E-state index in [1.54, 1.807) is 0 Å². The fraction of sp³-hybridized carbons (Fsp3) is 0.875. The van der Waals surface area contributed by atoms with E-state index in [1.165, 1.54) is 32.2 Å². The van der Waals surface area contributed by atoms with E-state index in [0.29, 0.717) is 12.1 Å². The zero-order chi connectivity index (χ0) is 15.4. The number of rotatable bonds is 6. The van der Waals surface area contributed by atoms with E-state index >= 15 is 0 Å². The molecule has 0 aromatic carbocycles. The van der Waals surface area contributed by atoms with Crippen molar-refractivity contribution < 1.29 is 9.26 Å². The van der Waals surface area contributed by atoms with Crippen LogP contribution in [0.4, 0.5) is 0 Å². The molecule has 0 aliphatic carbocycles. The van der Waals surface area contributed by atoms with Gasteiger partial charge in [-0.15, -0.1) is 0 Å². The van der Waals surface area contributed by atoms with E-state index < -0.39 is 0 Å². The normalized spacial score (nSPS) is 26.9. The summed E-state index contributed by atoms with van der Waals surface area (Å²) < 4.78 is 11.0. The van der Waals surface area contributed by atoms with Crippen molar-refractivity contribution in [3.63, 3.8) is 0 Å². The second kappa shape index (κ2) is 7.53. The molecule has 3 heterocycles. The number of hydrogen-bond acceptors (Lipinski definition) is 6. The highest BCUT2D eigenvalue weighted by molar-refractivity contribution is 4.89. The van der Waals surface area contributed by atoms with E-state index in [4.69, 9.17) is 9.26 Å². The number of nitrogens with zero attached hydrogens (tertiary/aromatic N) is 4. The zero-order valence-electron chi connectivity index (χ0n) is 13.8. The van der Waals surface area contributed by atoms with Gasteiger partial charge >= 0.3 is 0 Å². The molecule has 0 amide bonds. The summed E-state index contributed by atoms with van der Waals surface area (Å²) in [6.07, 6.45) is 6.23.